The summed E-state index contributed by atoms with van der Waals surface area (Å²) in [7, 11) is 0. The van der Waals surface area contributed by atoms with Crippen molar-refractivity contribution in [2.24, 2.45) is 0 Å². The maximum Gasteiger partial charge on any atom is 0.189 e. The molecule has 0 aliphatic heterocycles. The summed E-state index contributed by atoms with van der Waals surface area (Å²) < 4.78 is 0. The first-order chi connectivity index (χ1) is 10.6. The van der Waals surface area contributed by atoms with E-state index in [1.165, 1.54) is 0 Å². The van der Waals surface area contributed by atoms with Crippen LogP contribution in [0.5, 0.6) is 0 Å². The Morgan fingerprint density at radius 3 is 2.50 bits per heavy atom. The monoisotopic (exact) mass is 295 g/mol. The van der Waals surface area contributed by atoms with Gasteiger partial charge in [0.25, 0.3) is 0 Å². The molecule has 0 saturated carbocycles. The molecule has 0 bridgehead atoms. The number of Topliss-reactive ketones (excluding diaryl/α,β-unsaturated/α-hetero) is 1. The second-order valence-corrected chi connectivity index (χ2v) is 5.44. The van der Waals surface area contributed by atoms with E-state index < -0.39 is 5.23 Å². The number of aryl methyl sites for hydroxylation is 1. The molecule has 4 nitrogen and oxygen atoms in total. The number of quaternary nitrogens is 1. The van der Waals surface area contributed by atoms with Gasteiger partial charge in [-0.25, -0.2) is 5.21 Å². The van der Waals surface area contributed by atoms with Crippen LogP contribution in [0.2, 0.25) is 0 Å². The highest BCUT2D eigenvalue weighted by Crippen LogP contribution is 2.25. The Balaban J connectivity index is 1.92. The zero-order valence-electron chi connectivity index (χ0n) is 12.1. The van der Waals surface area contributed by atoms with Crippen LogP contribution in [0.3, 0.4) is 0 Å². The number of carbonyl (C=O) groups excluding carboxylic acids is 1. The van der Waals surface area contributed by atoms with Gasteiger partial charge in [0, 0.05) is 23.3 Å². The van der Waals surface area contributed by atoms with E-state index in [4.69, 9.17) is 5.21 Å². The van der Waals surface area contributed by atoms with Gasteiger partial charge in [0.2, 0.25) is 0 Å². The molecule has 22 heavy (non-hydrogen) atoms. The number of hydrogen-bond acceptors (Lipinski definition) is 3. The fraction of sp³-hybridized carbons (Fsp3) is 0.167. The van der Waals surface area contributed by atoms with Crippen LogP contribution in [0.1, 0.15) is 34.3 Å². The quantitative estimate of drug-likeness (QED) is 0.508. The van der Waals surface area contributed by atoms with Gasteiger partial charge in [0.1, 0.15) is 0 Å². The van der Waals surface area contributed by atoms with Gasteiger partial charge in [-0.1, -0.05) is 24.3 Å². The van der Waals surface area contributed by atoms with Crippen LogP contribution in [0.4, 0.5) is 5.69 Å². The highest BCUT2D eigenvalue weighted by molar-refractivity contribution is 6.12. The Hall–Kier alpha value is -2.27. The van der Waals surface area contributed by atoms with Crippen molar-refractivity contribution in [3.05, 3.63) is 76.0 Å². The lowest BCUT2D eigenvalue weighted by Gasteiger charge is -2.11. The van der Waals surface area contributed by atoms with Crippen molar-refractivity contribution in [2.75, 3.05) is 0 Å². The van der Waals surface area contributed by atoms with Gasteiger partial charge in [0.05, 0.1) is 0 Å². The third-order valence-corrected chi connectivity index (χ3v) is 3.94. The fourth-order valence-corrected chi connectivity index (χ4v) is 2.78. The molecule has 0 aromatic heterocycles. The molecular formula is C18H17NO3. The van der Waals surface area contributed by atoms with Crippen molar-refractivity contribution in [1.82, 2.24) is 0 Å². The van der Waals surface area contributed by atoms with Gasteiger partial charge in [-0.3, -0.25) is 4.79 Å². The van der Waals surface area contributed by atoms with Crippen molar-refractivity contribution in [1.29, 1.82) is 0 Å². The van der Waals surface area contributed by atoms with E-state index in [1.807, 2.05) is 30.3 Å². The van der Waals surface area contributed by atoms with Crippen LogP contribution >= 0.6 is 0 Å². The molecule has 1 atom stereocenters. The number of hydrogen-bond donors (Lipinski definition) is 2. The lowest BCUT2D eigenvalue weighted by Crippen LogP contribution is -2.99. The average Bonchev–Trinajstić information content (AvgIpc) is 2.68. The molecule has 1 unspecified atom stereocenters. The van der Waals surface area contributed by atoms with E-state index in [2.05, 4.69) is 0 Å². The highest BCUT2D eigenvalue weighted by atomic mass is 16.8. The predicted molar refractivity (Wildman–Crippen MR) is 83.9 cm³/mol. The SMILES string of the molecule is O=C1/C(=C\c2ccc([NH+]([O-])O)cc2)CCCc2ccccc21. The maximum atomic E-state index is 12.7. The fourth-order valence-electron chi connectivity index (χ4n) is 2.78. The van der Waals surface area contributed by atoms with Crippen molar-refractivity contribution < 1.29 is 15.2 Å². The van der Waals surface area contributed by atoms with E-state index in [-0.39, 0.29) is 11.5 Å². The van der Waals surface area contributed by atoms with Crippen molar-refractivity contribution in [3.63, 3.8) is 0 Å². The summed E-state index contributed by atoms with van der Waals surface area (Å²) in [6, 6.07) is 14.3. The molecule has 0 radical (unpaired) electrons. The molecule has 2 aromatic rings. The van der Waals surface area contributed by atoms with Crippen LogP contribution in [0, 0.1) is 5.21 Å². The molecule has 2 N–H and O–H groups in total. The zero-order valence-corrected chi connectivity index (χ0v) is 12.1. The van der Waals surface area contributed by atoms with Crippen LogP contribution in [-0.2, 0) is 6.42 Å². The Kier molecular flexibility index (Phi) is 4.15. The third-order valence-electron chi connectivity index (χ3n) is 3.94. The van der Waals surface area contributed by atoms with E-state index in [1.54, 1.807) is 24.3 Å². The number of carbonyl (C=O) groups is 1. The highest BCUT2D eigenvalue weighted by Gasteiger charge is 2.19. The minimum absolute atomic E-state index is 0.0791. The van der Waals surface area contributed by atoms with Gasteiger partial charge in [0.15, 0.2) is 11.5 Å². The van der Waals surface area contributed by atoms with Crippen molar-refractivity contribution in [3.8, 4) is 0 Å². The van der Waals surface area contributed by atoms with Crippen LogP contribution in [0.25, 0.3) is 6.08 Å². The Bertz CT molecular complexity index is 717. The van der Waals surface area contributed by atoms with Gasteiger partial charge in [-0.2, -0.15) is 5.23 Å². The number of nitrogens with one attached hydrogen (secondary N) is 1. The minimum Gasteiger partial charge on any atom is -0.595 e. The molecule has 0 spiro atoms. The van der Waals surface area contributed by atoms with Gasteiger partial charge in [-0.15, -0.1) is 0 Å². The predicted octanol–water partition coefficient (Wildman–Crippen LogP) is 2.69. The summed E-state index contributed by atoms with van der Waals surface area (Å²) in [6.07, 6.45) is 4.48. The number of rotatable bonds is 2. The number of fused-ring (bicyclic) bond motifs is 1. The van der Waals surface area contributed by atoms with E-state index >= 15 is 0 Å². The first kappa shape index (κ1) is 14.7. The first-order valence-corrected chi connectivity index (χ1v) is 7.32. The second-order valence-electron chi connectivity index (χ2n) is 5.44. The molecule has 2 aromatic carbocycles. The van der Waals surface area contributed by atoms with Gasteiger partial charge >= 0.3 is 0 Å². The van der Waals surface area contributed by atoms with Crippen molar-refractivity contribution in [2.45, 2.75) is 19.3 Å². The number of benzene rings is 2. The van der Waals surface area contributed by atoms with E-state index in [9.17, 15) is 10.0 Å². The molecule has 112 valence electrons. The van der Waals surface area contributed by atoms with Crippen molar-refractivity contribution >= 4 is 17.5 Å². The molecular weight excluding hydrogens is 278 g/mol. The first-order valence-electron chi connectivity index (χ1n) is 7.32. The minimum atomic E-state index is -0.946. The standard InChI is InChI=1S/C18H17NO3/c20-18-15(6-3-5-14-4-1-2-7-17(14)18)12-13-8-10-16(11-9-13)19(21)22/h1-2,4,7-12,19,21H,3,5-6H2/b15-12-. The summed E-state index contributed by atoms with van der Waals surface area (Å²) >= 11 is 0. The summed E-state index contributed by atoms with van der Waals surface area (Å²) in [5, 5.41) is 18.8. The van der Waals surface area contributed by atoms with Crippen LogP contribution in [0.15, 0.2) is 54.1 Å². The Morgan fingerprint density at radius 2 is 1.77 bits per heavy atom. The summed E-state index contributed by atoms with van der Waals surface area (Å²) in [5.74, 6) is 0.0791. The normalized spacial score (nSPS) is 17.9. The maximum absolute atomic E-state index is 12.7. The third kappa shape index (κ3) is 2.99. The number of ketones is 1. The van der Waals surface area contributed by atoms with Crippen LogP contribution in [-0.4, -0.2) is 11.0 Å². The van der Waals surface area contributed by atoms with E-state index in [0.717, 1.165) is 41.5 Å². The molecule has 0 saturated heterocycles. The summed E-state index contributed by atoms with van der Waals surface area (Å²) in [6.45, 7) is 0. The number of allylic oxidation sites excluding steroid dienone is 1. The summed E-state index contributed by atoms with van der Waals surface area (Å²) in [5.41, 5.74) is 3.78. The Labute approximate surface area is 128 Å². The molecule has 0 heterocycles. The molecule has 0 fully saturated rings. The lowest BCUT2D eigenvalue weighted by molar-refractivity contribution is -0.991. The van der Waals surface area contributed by atoms with E-state index in [0.29, 0.717) is 0 Å². The Morgan fingerprint density at radius 1 is 1.05 bits per heavy atom. The second kappa shape index (κ2) is 6.23. The zero-order chi connectivity index (χ0) is 15.5. The molecule has 3 rings (SSSR count). The molecule has 4 heteroatoms. The summed E-state index contributed by atoms with van der Waals surface area (Å²) in [4.78, 5) is 12.7. The molecule has 1 aliphatic carbocycles. The largest absolute Gasteiger partial charge is 0.595 e. The van der Waals surface area contributed by atoms with Gasteiger partial charge in [-0.05, 0) is 48.6 Å². The lowest BCUT2D eigenvalue weighted by atomic mass is 9.98. The molecule has 0 amide bonds. The van der Waals surface area contributed by atoms with Gasteiger partial charge < -0.3 is 5.21 Å². The van der Waals surface area contributed by atoms with Crippen LogP contribution < -0.4 is 5.23 Å². The molecule has 1 aliphatic rings. The average molecular weight is 295 g/mol. The topological polar surface area (TPSA) is 64.8 Å². The smallest absolute Gasteiger partial charge is 0.189 e.